The number of ether oxygens (including phenoxy) is 1. The number of benzene rings is 1. The zero-order valence-corrected chi connectivity index (χ0v) is 22.9. The summed E-state index contributed by atoms with van der Waals surface area (Å²) < 4.78 is 37.5. The normalized spacial score (nSPS) is 19.0. The van der Waals surface area contributed by atoms with Crippen molar-refractivity contribution in [2.45, 2.75) is 44.8 Å². The summed E-state index contributed by atoms with van der Waals surface area (Å²) in [6.07, 6.45) is 2.62. The van der Waals surface area contributed by atoms with Crippen LogP contribution in [-0.4, -0.2) is 71.3 Å². The molecule has 1 amide bonds. The molecular weight excluding hydrogens is 552 g/mol. The van der Waals surface area contributed by atoms with Gasteiger partial charge in [-0.2, -0.15) is 0 Å². The molecule has 0 unspecified atom stereocenters. The lowest BCUT2D eigenvalue weighted by Gasteiger charge is -2.37. The van der Waals surface area contributed by atoms with Gasteiger partial charge in [0.15, 0.2) is 11.6 Å². The van der Waals surface area contributed by atoms with Crippen molar-refractivity contribution in [3.05, 3.63) is 57.9 Å². The number of anilines is 3. The summed E-state index contributed by atoms with van der Waals surface area (Å²) in [6.45, 7) is 3.09. The number of Topliss-reactive ketones (excluding diaryl/α,β-unsaturated/α-hetero) is 1. The molecule has 1 aromatic carbocycles. The third-order valence-corrected chi connectivity index (χ3v) is 7.97. The Hall–Kier alpha value is -4.55. The van der Waals surface area contributed by atoms with Crippen molar-refractivity contribution < 1.29 is 33.0 Å². The van der Waals surface area contributed by atoms with Gasteiger partial charge in [0, 0.05) is 44.8 Å². The minimum atomic E-state index is -1.37. The van der Waals surface area contributed by atoms with E-state index in [2.05, 4.69) is 4.98 Å². The monoisotopic (exact) mass is 581 g/mol. The smallest absolute Gasteiger partial charge is 0.414 e. The highest BCUT2D eigenvalue weighted by molar-refractivity contribution is 5.92. The standard InChI is InChI=1S/C29H29F2N5O6/c1-16(37)2-6-19-14-36(29(41)42-19)18-5-7-24(22(30)12-18)33-8-10-34(11-9-33)27-23(31)13-20-25(38)21(28(39)40)15-35(17-3-4-17)26(20)32-27/h5,7,12-13,15,17,19H,2-4,6,8-11,14H2,1H3,(H,39,40)/t19-/m0/s1. The molecule has 0 bridgehead atoms. The van der Waals surface area contributed by atoms with Crippen LogP contribution in [0.2, 0.25) is 0 Å². The van der Waals surface area contributed by atoms with Crippen LogP contribution < -0.4 is 20.1 Å². The highest BCUT2D eigenvalue weighted by Crippen LogP contribution is 2.37. The van der Waals surface area contributed by atoms with Crippen molar-refractivity contribution in [3.8, 4) is 0 Å². The van der Waals surface area contributed by atoms with Crippen LogP contribution in [0.15, 0.2) is 35.3 Å². The molecule has 42 heavy (non-hydrogen) atoms. The van der Waals surface area contributed by atoms with Crippen molar-refractivity contribution in [1.82, 2.24) is 9.55 Å². The Labute approximate surface area is 238 Å². The second kappa shape index (κ2) is 10.7. The van der Waals surface area contributed by atoms with Crippen LogP contribution in [0.3, 0.4) is 0 Å². The molecule has 0 spiro atoms. The maximum absolute atomic E-state index is 15.3. The first-order valence-corrected chi connectivity index (χ1v) is 13.9. The number of rotatable bonds is 8. The Morgan fingerprint density at radius 3 is 2.40 bits per heavy atom. The topological polar surface area (TPSA) is 125 Å². The van der Waals surface area contributed by atoms with Crippen molar-refractivity contribution in [2.24, 2.45) is 0 Å². The molecule has 6 rings (SSSR count). The summed E-state index contributed by atoms with van der Waals surface area (Å²) in [5, 5.41) is 9.37. The van der Waals surface area contributed by atoms with Gasteiger partial charge < -0.3 is 29.0 Å². The van der Waals surface area contributed by atoms with Crippen LogP contribution in [0.25, 0.3) is 11.0 Å². The fourth-order valence-electron chi connectivity index (χ4n) is 5.57. The number of nitrogens with zero attached hydrogens (tertiary/aromatic N) is 5. The van der Waals surface area contributed by atoms with Crippen LogP contribution in [0.1, 0.15) is 49.0 Å². The van der Waals surface area contributed by atoms with E-state index in [4.69, 9.17) is 4.74 Å². The van der Waals surface area contributed by atoms with Gasteiger partial charge in [-0.15, -0.1) is 0 Å². The summed E-state index contributed by atoms with van der Waals surface area (Å²) in [5.74, 6) is -2.55. The molecule has 1 atom stereocenters. The van der Waals surface area contributed by atoms with E-state index in [1.807, 2.05) is 4.90 Å². The average molecular weight is 582 g/mol. The number of halogens is 2. The van der Waals surface area contributed by atoms with E-state index in [1.54, 1.807) is 21.6 Å². The van der Waals surface area contributed by atoms with Crippen LogP contribution in [0, 0.1) is 11.6 Å². The van der Waals surface area contributed by atoms with Gasteiger partial charge in [0.2, 0.25) is 5.43 Å². The minimum Gasteiger partial charge on any atom is -0.477 e. The Kier molecular flexibility index (Phi) is 7.03. The first kappa shape index (κ1) is 27.6. The van der Waals surface area contributed by atoms with Gasteiger partial charge in [-0.3, -0.25) is 9.69 Å². The number of aromatic nitrogens is 2. The molecule has 1 saturated carbocycles. The van der Waals surface area contributed by atoms with Crippen molar-refractivity contribution in [2.75, 3.05) is 47.4 Å². The van der Waals surface area contributed by atoms with E-state index in [9.17, 15) is 24.3 Å². The number of ketones is 1. The second-order valence-electron chi connectivity index (χ2n) is 10.9. The number of pyridine rings is 2. The largest absolute Gasteiger partial charge is 0.477 e. The van der Waals surface area contributed by atoms with Gasteiger partial charge in [0.05, 0.1) is 23.3 Å². The number of fused-ring (bicyclic) bond motifs is 1. The van der Waals surface area contributed by atoms with E-state index >= 15 is 8.78 Å². The maximum atomic E-state index is 15.3. The van der Waals surface area contributed by atoms with Crippen LogP contribution in [-0.2, 0) is 9.53 Å². The van der Waals surface area contributed by atoms with E-state index in [0.717, 1.165) is 18.9 Å². The van der Waals surface area contributed by atoms with E-state index in [1.165, 1.54) is 24.1 Å². The van der Waals surface area contributed by atoms with Gasteiger partial charge in [0.1, 0.15) is 28.9 Å². The van der Waals surface area contributed by atoms with Gasteiger partial charge in [-0.1, -0.05) is 0 Å². The highest BCUT2D eigenvalue weighted by atomic mass is 19.1. The summed E-state index contributed by atoms with van der Waals surface area (Å²) >= 11 is 0. The molecule has 3 aliphatic rings. The zero-order chi connectivity index (χ0) is 29.7. The molecule has 13 heteroatoms. The number of carbonyl (C=O) groups excluding carboxylic acids is 2. The fraction of sp³-hybridized carbons (Fsp3) is 0.414. The molecule has 220 valence electrons. The molecule has 2 saturated heterocycles. The Morgan fingerprint density at radius 2 is 1.76 bits per heavy atom. The predicted octanol–water partition coefficient (Wildman–Crippen LogP) is 3.73. The third-order valence-electron chi connectivity index (χ3n) is 7.97. The number of carbonyl (C=O) groups is 3. The zero-order valence-electron chi connectivity index (χ0n) is 22.9. The molecule has 4 heterocycles. The van der Waals surface area contributed by atoms with Gasteiger partial charge in [0.25, 0.3) is 0 Å². The average Bonchev–Trinajstić information content (AvgIpc) is 3.73. The first-order chi connectivity index (χ1) is 20.1. The Balaban J connectivity index is 1.18. The number of cyclic esters (lactones) is 1. The molecule has 1 aliphatic carbocycles. The van der Waals surface area contributed by atoms with E-state index in [0.29, 0.717) is 50.4 Å². The lowest BCUT2D eigenvalue weighted by molar-refractivity contribution is -0.117. The molecule has 3 aromatic rings. The molecule has 2 aromatic heterocycles. The van der Waals surface area contributed by atoms with Gasteiger partial charge in [-0.25, -0.2) is 23.4 Å². The fourth-order valence-corrected chi connectivity index (χ4v) is 5.57. The van der Waals surface area contributed by atoms with Crippen LogP contribution >= 0.6 is 0 Å². The number of carboxylic acids is 1. The molecule has 2 aliphatic heterocycles. The predicted molar refractivity (Wildman–Crippen MR) is 150 cm³/mol. The van der Waals surface area contributed by atoms with Crippen LogP contribution in [0.4, 0.5) is 30.8 Å². The minimum absolute atomic E-state index is 0.00644. The van der Waals surface area contributed by atoms with Crippen LogP contribution in [0.5, 0.6) is 0 Å². The number of piperazine rings is 1. The number of hydrogen-bond donors (Lipinski definition) is 1. The quantitative estimate of drug-likeness (QED) is 0.424. The number of hydrogen-bond acceptors (Lipinski definition) is 8. The Morgan fingerprint density at radius 1 is 1.05 bits per heavy atom. The van der Waals surface area contributed by atoms with Crippen molar-refractivity contribution in [1.29, 1.82) is 0 Å². The highest BCUT2D eigenvalue weighted by Gasteiger charge is 2.33. The molecule has 1 N–H and O–H groups in total. The number of aromatic carboxylic acids is 1. The molecular formula is C29H29F2N5O6. The van der Waals surface area contributed by atoms with E-state index < -0.39 is 40.8 Å². The summed E-state index contributed by atoms with van der Waals surface area (Å²) in [7, 11) is 0. The summed E-state index contributed by atoms with van der Waals surface area (Å²) in [5.41, 5.74) is -0.239. The summed E-state index contributed by atoms with van der Waals surface area (Å²) in [6, 6.07) is 5.59. The van der Waals surface area contributed by atoms with Gasteiger partial charge in [-0.05, 0) is 50.5 Å². The number of amides is 1. The lowest BCUT2D eigenvalue weighted by Crippen LogP contribution is -2.47. The SMILES string of the molecule is CC(=O)CC[C@H]1CN(c2ccc(N3CCN(c4nc5c(cc4F)c(=O)c(C(=O)O)cn5C4CC4)CC3)c(F)c2)C(=O)O1. The van der Waals surface area contributed by atoms with E-state index in [-0.39, 0.29) is 35.2 Å². The first-order valence-electron chi connectivity index (χ1n) is 13.9. The van der Waals surface area contributed by atoms with Crippen molar-refractivity contribution in [3.63, 3.8) is 0 Å². The molecule has 0 radical (unpaired) electrons. The Bertz CT molecular complexity index is 1660. The lowest BCUT2D eigenvalue weighted by atomic mass is 10.1. The number of carboxylic acid groups (broad SMARTS) is 1. The summed E-state index contributed by atoms with van der Waals surface area (Å²) in [4.78, 5) is 57.3. The van der Waals surface area contributed by atoms with Gasteiger partial charge >= 0.3 is 12.1 Å². The molecule has 11 nitrogen and oxygen atoms in total. The van der Waals surface area contributed by atoms with Crippen molar-refractivity contribution >= 4 is 46.1 Å². The molecule has 3 fully saturated rings. The third kappa shape index (κ3) is 5.14. The second-order valence-corrected chi connectivity index (χ2v) is 10.9. The maximum Gasteiger partial charge on any atom is 0.414 e.